The van der Waals surface area contributed by atoms with Gasteiger partial charge in [0.15, 0.2) is 5.60 Å². The van der Waals surface area contributed by atoms with Crippen molar-refractivity contribution in [2.24, 2.45) is 0 Å². The molecule has 24 heavy (non-hydrogen) atoms. The van der Waals surface area contributed by atoms with Gasteiger partial charge in [0.25, 0.3) is 0 Å². The predicted octanol–water partition coefficient (Wildman–Crippen LogP) is 2.84. The monoisotopic (exact) mass is 344 g/mol. The molecule has 0 aliphatic carbocycles. The summed E-state index contributed by atoms with van der Waals surface area (Å²) in [5.74, 6) is -2.98. The predicted molar refractivity (Wildman–Crippen MR) is 82.0 cm³/mol. The van der Waals surface area contributed by atoms with E-state index in [0.29, 0.717) is 18.9 Å². The lowest BCUT2D eigenvalue weighted by atomic mass is 9.95. The van der Waals surface area contributed by atoms with Crippen molar-refractivity contribution in [3.8, 4) is 0 Å². The Balaban J connectivity index is 2.96. The summed E-state index contributed by atoms with van der Waals surface area (Å²) in [5.41, 5.74) is -2.40. The highest BCUT2D eigenvalue weighted by molar-refractivity contribution is 5.70. The van der Waals surface area contributed by atoms with Crippen molar-refractivity contribution < 1.29 is 33.0 Å². The summed E-state index contributed by atoms with van der Waals surface area (Å²) in [7, 11) is 0. The summed E-state index contributed by atoms with van der Waals surface area (Å²) in [4.78, 5) is 23.0. The molecule has 0 atom stereocenters. The van der Waals surface area contributed by atoms with E-state index in [0.717, 1.165) is 12.1 Å². The van der Waals surface area contributed by atoms with E-state index in [4.69, 9.17) is 9.47 Å². The molecule has 1 N–H and O–H groups in total. The van der Waals surface area contributed by atoms with E-state index in [1.807, 2.05) is 0 Å². The lowest BCUT2D eigenvalue weighted by Gasteiger charge is -2.28. The second-order valence-corrected chi connectivity index (χ2v) is 5.48. The zero-order chi connectivity index (χ0) is 18.2. The summed E-state index contributed by atoms with van der Waals surface area (Å²) < 4.78 is 37.0. The molecule has 0 aromatic heterocycles. The van der Waals surface area contributed by atoms with Crippen molar-refractivity contribution in [2.75, 3.05) is 13.2 Å². The molecule has 0 aliphatic heterocycles. The maximum atomic E-state index is 14.0. The van der Waals surface area contributed by atoms with Crippen LogP contribution in [0.15, 0.2) is 18.2 Å². The number of benzene rings is 1. The topological polar surface area (TPSA) is 72.8 Å². The molecule has 5 nitrogen and oxygen atoms in total. The first-order valence-electron chi connectivity index (χ1n) is 7.81. The highest BCUT2D eigenvalue weighted by Gasteiger charge is 2.36. The van der Waals surface area contributed by atoms with Crippen molar-refractivity contribution in [3.63, 3.8) is 0 Å². The molecule has 0 radical (unpaired) electrons. The lowest BCUT2D eigenvalue weighted by molar-refractivity contribution is -0.164. The van der Waals surface area contributed by atoms with Gasteiger partial charge in [-0.15, -0.1) is 0 Å². The third-order valence-corrected chi connectivity index (χ3v) is 3.28. The van der Waals surface area contributed by atoms with E-state index < -0.39 is 42.4 Å². The maximum Gasteiger partial charge on any atom is 0.305 e. The molecular weight excluding hydrogens is 322 g/mol. The number of ether oxygens (including phenoxy) is 2. The summed E-state index contributed by atoms with van der Waals surface area (Å²) in [6.07, 6.45) is 1.37. The molecule has 0 unspecified atom stereocenters. The maximum absolute atomic E-state index is 14.0. The van der Waals surface area contributed by atoms with E-state index in [1.54, 1.807) is 13.8 Å². The fraction of sp³-hybridized carbons (Fsp3) is 0.529. The molecule has 1 aromatic carbocycles. The quantitative estimate of drug-likeness (QED) is 0.698. The number of rotatable bonds is 9. The van der Waals surface area contributed by atoms with Crippen molar-refractivity contribution in [1.29, 1.82) is 0 Å². The Morgan fingerprint density at radius 1 is 1.04 bits per heavy atom. The summed E-state index contributed by atoms with van der Waals surface area (Å²) in [6.45, 7) is 2.35. The lowest BCUT2D eigenvalue weighted by Crippen LogP contribution is -2.39. The van der Waals surface area contributed by atoms with Crippen LogP contribution in [0.3, 0.4) is 0 Å². The molecule has 1 rings (SSSR count). The fourth-order valence-electron chi connectivity index (χ4n) is 2.02. The zero-order valence-electron chi connectivity index (χ0n) is 13.8. The molecule has 1 aromatic rings. The first kappa shape index (κ1) is 20.0. The minimum absolute atomic E-state index is 0.137. The van der Waals surface area contributed by atoms with Crippen LogP contribution in [-0.2, 0) is 24.7 Å². The minimum Gasteiger partial charge on any atom is -0.462 e. The van der Waals surface area contributed by atoms with Gasteiger partial charge in [0, 0.05) is 24.5 Å². The minimum atomic E-state index is -2.09. The average molecular weight is 344 g/mol. The Morgan fingerprint density at radius 3 is 1.96 bits per heavy atom. The Bertz CT molecular complexity index is 552. The number of aliphatic hydroxyl groups is 1. The van der Waals surface area contributed by atoms with E-state index in [2.05, 4.69) is 0 Å². The largest absolute Gasteiger partial charge is 0.462 e. The molecule has 0 aliphatic rings. The number of hydrogen-bond donors (Lipinski definition) is 1. The number of esters is 2. The summed E-state index contributed by atoms with van der Waals surface area (Å²) in [5, 5.41) is 10.7. The van der Waals surface area contributed by atoms with Crippen LogP contribution in [0, 0.1) is 11.6 Å². The molecule has 0 amide bonds. The van der Waals surface area contributed by atoms with Gasteiger partial charge in [-0.25, -0.2) is 8.78 Å². The van der Waals surface area contributed by atoms with Crippen molar-refractivity contribution in [1.82, 2.24) is 0 Å². The van der Waals surface area contributed by atoms with E-state index in [1.165, 1.54) is 0 Å². The molecule has 0 fully saturated rings. The van der Waals surface area contributed by atoms with Crippen LogP contribution >= 0.6 is 0 Å². The molecule has 7 heteroatoms. The van der Waals surface area contributed by atoms with Gasteiger partial charge in [-0.2, -0.15) is 0 Å². The first-order valence-corrected chi connectivity index (χ1v) is 7.81. The van der Waals surface area contributed by atoms with Crippen LogP contribution < -0.4 is 0 Å². The van der Waals surface area contributed by atoms with Gasteiger partial charge < -0.3 is 14.6 Å². The number of halogens is 2. The Labute approximate surface area is 139 Å². The number of carbonyl (C=O) groups excluding carboxylic acids is 2. The number of carbonyl (C=O) groups is 2. The summed E-state index contributed by atoms with van der Waals surface area (Å²) >= 11 is 0. The fourth-order valence-corrected chi connectivity index (χ4v) is 2.02. The molecule has 0 heterocycles. The smallest absolute Gasteiger partial charge is 0.305 e. The second-order valence-electron chi connectivity index (χ2n) is 5.48. The highest BCUT2D eigenvalue weighted by Crippen LogP contribution is 2.26. The Hall–Kier alpha value is -2.02. The molecule has 0 saturated carbocycles. The molecule has 0 saturated heterocycles. The van der Waals surface area contributed by atoms with Gasteiger partial charge in [-0.3, -0.25) is 9.59 Å². The van der Waals surface area contributed by atoms with Crippen LogP contribution in [0.1, 0.15) is 45.1 Å². The van der Waals surface area contributed by atoms with Gasteiger partial charge in [-0.1, -0.05) is 19.9 Å². The normalized spacial score (nSPS) is 11.2. The van der Waals surface area contributed by atoms with Gasteiger partial charge in [0.05, 0.1) is 0 Å². The van der Waals surface area contributed by atoms with Gasteiger partial charge in [-0.05, 0) is 18.9 Å². The first-order chi connectivity index (χ1) is 11.3. The second kappa shape index (κ2) is 9.32. The zero-order valence-corrected chi connectivity index (χ0v) is 13.8. The Kier molecular flexibility index (Phi) is 7.78. The summed E-state index contributed by atoms with van der Waals surface area (Å²) in [6, 6.07) is 2.60. The third kappa shape index (κ3) is 5.88. The molecule has 0 spiro atoms. The van der Waals surface area contributed by atoms with Crippen LogP contribution in [0.4, 0.5) is 8.78 Å². The van der Waals surface area contributed by atoms with Crippen LogP contribution in [0.2, 0.25) is 0 Å². The number of hydrogen-bond acceptors (Lipinski definition) is 5. The molecule has 0 bridgehead atoms. The van der Waals surface area contributed by atoms with Gasteiger partial charge in [0.2, 0.25) is 0 Å². The Morgan fingerprint density at radius 2 is 1.54 bits per heavy atom. The van der Waals surface area contributed by atoms with Crippen molar-refractivity contribution >= 4 is 11.9 Å². The SMILES string of the molecule is CCCC(=O)OCC(O)(COC(=O)CCC)c1ccc(F)cc1F. The van der Waals surface area contributed by atoms with Crippen LogP contribution in [0.5, 0.6) is 0 Å². The van der Waals surface area contributed by atoms with Gasteiger partial charge in [0.1, 0.15) is 24.8 Å². The van der Waals surface area contributed by atoms with E-state index in [-0.39, 0.29) is 18.4 Å². The van der Waals surface area contributed by atoms with Crippen molar-refractivity contribution in [2.45, 2.75) is 45.1 Å². The van der Waals surface area contributed by atoms with E-state index in [9.17, 15) is 23.5 Å². The standard InChI is InChI=1S/C17H22F2O5/c1-3-5-15(20)23-10-17(22,11-24-16(21)6-4-2)13-8-7-12(18)9-14(13)19/h7-9,22H,3-6,10-11H2,1-2H3. The van der Waals surface area contributed by atoms with E-state index >= 15 is 0 Å². The third-order valence-electron chi connectivity index (χ3n) is 3.28. The highest BCUT2D eigenvalue weighted by atomic mass is 19.1. The van der Waals surface area contributed by atoms with Gasteiger partial charge >= 0.3 is 11.9 Å². The van der Waals surface area contributed by atoms with Crippen LogP contribution in [0.25, 0.3) is 0 Å². The average Bonchev–Trinajstić information content (AvgIpc) is 2.51. The molecule has 134 valence electrons. The van der Waals surface area contributed by atoms with Crippen LogP contribution in [-0.4, -0.2) is 30.3 Å². The molecular formula is C17H22F2O5. The van der Waals surface area contributed by atoms with Crippen molar-refractivity contribution in [3.05, 3.63) is 35.4 Å².